The SMILES string of the molecule is Cl.Fc1ccc(OCCN2CCC(Cc3cccc(F)c3)CC2)cc1. The van der Waals surface area contributed by atoms with Crippen LogP contribution in [-0.2, 0) is 6.42 Å². The van der Waals surface area contributed by atoms with Gasteiger partial charge in [0.15, 0.2) is 0 Å². The van der Waals surface area contributed by atoms with Crippen molar-refractivity contribution in [3.63, 3.8) is 0 Å². The van der Waals surface area contributed by atoms with Crippen molar-refractivity contribution >= 4 is 12.4 Å². The van der Waals surface area contributed by atoms with Crippen LogP contribution in [0.15, 0.2) is 48.5 Å². The number of halogens is 3. The Kier molecular flexibility index (Phi) is 7.66. The van der Waals surface area contributed by atoms with Gasteiger partial charge in [0.05, 0.1) is 0 Å². The van der Waals surface area contributed by atoms with Crippen molar-refractivity contribution in [2.45, 2.75) is 19.3 Å². The molecular weight excluding hydrogens is 344 g/mol. The number of rotatable bonds is 6. The van der Waals surface area contributed by atoms with Crippen molar-refractivity contribution in [2.75, 3.05) is 26.2 Å². The number of ether oxygens (including phenoxy) is 1. The maximum absolute atomic E-state index is 13.2. The van der Waals surface area contributed by atoms with E-state index in [1.165, 1.54) is 18.2 Å². The van der Waals surface area contributed by atoms with Gasteiger partial charge in [-0.3, -0.25) is 4.90 Å². The van der Waals surface area contributed by atoms with Gasteiger partial charge in [-0.1, -0.05) is 12.1 Å². The molecule has 1 aliphatic rings. The standard InChI is InChI=1S/C20H23F2NO.ClH/c21-18-4-6-20(7-5-18)24-13-12-23-10-8-16(9-11-23)14-17-2-1-3-19(22)15-17;/h1-7,15-16H,8-14H2;1H. The summed E-state index contributed by atoms with van der Waals surface area (Å²) in [5.74, 6) is 0.934. The molecule has 136 valence electrons. The summed E-state index contributed by atoms with van der Waals surface area (Å²) in [6.45, 7) is 3.59. The summed E-state index contributed by atoms with van der Waals surface area (Å²) < 4.78 is 31.7. The molecule has 0 radical (unpaired) electrons. The molecule has 25 heavy (non-hydrogen) atoms. The second-order valence-corrected chi connectivity index (χ2v) is 6.42. The first-order chi connectivity index (χ1) is 11.7. The highest BCUT2D eigenvalue weighted by atomic mass is 35.5. The maximum Gasteiger partial charge on any atom is 0.123 e. The van der Waals surface area contributed by atoms with Crippen molar-refractivity contribution in [3.05, 3.63) is 65.7 Å². The third kappa shape index (κ3) is 6.29. The van der Waals surface area contributed by atoms with Gasteiger partial charge in [-0.15, -0.1) is 12.4 Å². The Balaban J connectivity index is 0.00000225. The molecule has 0 bridgehead atoms. The van der Waals surface area contributed by atoms with E-state index < -0.39 is 0 Å². The van der Waals surface area contributed by atoms with E-state index in [1.54, 1.807) is 24.3 Å². The van der Waals surface area contributed by atoms with Crippen molar-refractivity contribution < 1.29 is 13.5 Å². The second-order valence-electron chi connectivity index (χ2n) is 6.42. The Morgan fingerprint density at radius 2 is 1.68 bits per heavy atom. The molecule has 2 nitrogen and oxygen atoms in total. The van der Waals surface area contributed by atoms with E-state index in [4.69, 9.17) is 4.74 Å². The summed E-state index contributed by atoms with van der Waals surface area (Å²) in [7, 11) is 0. The Morgan fingerprint density at radius 3 is 2.36 bits per heavy atom. The average molecular weight is 368 g/mol. The highest BCUT2D eigenvalue weighted by Gasteiger charge is 2.19. The Bertz CT molecular complexity index is 642. The van der Waals surface area contributed by atoms with Crippen LogP contribution in [0.25, 0.3) is 0 Å². The fourth-order valence-corrected chi connectivity index (χ4v) is 3.23. The lowest BCUT2D eigenvalue weighted by atomic mass is 9.90. The predicted molar refractivity (Wildman–Crippen MR) is 98.4 cm³/mol. The molecule has 0 atom stereocenters. The van der Waals surface area contributed by atoms with Crippen molar-refractivity contribution in [3.8, 4) is 5.75 Å². The normalized spacial score (nSPS) is 15.6. The molecule has 2 aromatic carbocycles. The van der Waals surface area contributed by atoms with Gasteiger partial charge in [-0.25, -0.2) is 8.78 Å². The van der Waals surface area contributed by atoms with E-state index >= 15 is 0 Å². The Hall–Kier alpha value is -1.65. The van der Waals surface area contributed by atoms with Crippen LogP contribution in [0.2, 0.25) is 0 Å². The summed E-state index contributed by atoms with van der Waals surface area (Å²) in [5, 5.41) is 0. The van der Waals surface area contributed by atoms with E-state index in [9.17, 15) is 8.78 Å². The van der Waals surface area contributed by atoms with Crippen molar-refractivity contribution in [1.82, 2.24) is 4.90 Å². The van der Waals surface area contributed by atoms with Crippen LogP contribution in [0.4, 0.5) is 8.78 Å². The van der Waals surface area contributed by atoms with E-state index in [-0.39, 0.29) is 24.0 Å². The third-order valence-electron chi connectivity index (χ3n) is 4.61. The average Bonchev–Trinajstić information content (AvgIpc) is 2.58. The van der Waals surface area contributed by atoms with E-state index in [2.05, 4.69) is 4.90 Å². The highest BCUT2D eigenvalue weighted by Crippen LogP contribution is 2.22. The van der Waals surface area contributed by atoms with Gasteiger partial charge in [0.2, 0.25) is 0 Å². The quantitative estimate of drug-likeness (QED) is 0.732. The topological polar surface area (TPSA) is 12.5 Å². The summed E-state index contributed by atoms with van der Waals surface area (Å²) in [4.78, 5) is 2.39. The fourth-order valence-electron chi connectivity index (χ4n) is 3.23. The molecule has 5 heteroatoms. The summed E-state index contributed by atoms with van der Waals surface area (Å²) in [6.07, 6.45) is 3.22. The van der Waals surface area contributed by atoms with Gasteiger partial charge in [0, 0.05) is 6.54 Å². The van der Waals surface area contributed by atoms with Gasteiger partial charge < -0.3 is 4.74 Å². The van der Waals surface area contributed by atoms with Crippen LogP contribution in [0.5, 0.6) is 5.75 Å². The molecule has 2 aromatic rings. The first-order valence-corrected chi connectivity index (χ1v) is 8.54. The van der Waals surface area contributed by atoms with Crippen LogP contribution in [-0.4, -0.2) is 31.1 Å². The lowest BCUT2D eigenvalue weighted by Gasteiger charge is -2.31. The molecule has 0 saturated carbocycles. The van der Waals surface area contributed by atoms with Gasteiger partial charge >= 0.3 is 0 Å². The van der Waals surface area contributed by atoms with Gasteiger partial charge in [0.25, 0.3) is 0 Å². The van der Waals surface area contributed by atoms with E-state index in [0.717, 1.165) is 44.5 Å². The van der Waals surface area contributed by atoms with Gasteiger partial charge in [0.1, 0.15) is 24.0 Å². The first kappa shape index (κ1) is 19.7. The molecule has 0 N–H and O–H groups in total. The number of hydrogen-bond donors (Lipinski definition) is 0. The summed E-state index contributed by atoms with van der Waals surface area (Å²) >= 11 is 0. The van der Waals surface area contributed by atoms with Crippen molar-refractivity contribution in [1.29, 1.82) is 0 Å². The molecule has 1 saturated heterocycles. The maximum atomic E-state index is 13.2. The monoisotopic (exact) mass is 367 g/mol. The minimum atomic E-state index is -0.247. The third-order valence-corrected chi connectivity index (χ3v) is 4.61. The number of benzene rings is 2. The van der Waals surface area contributed by atoms with Gasteiger partial charge in [-0.05, 0) is 80.2 Å². The van der Waals surface area contributed by atoms with E-state index in [1.807, 2.05) is 6.07 Å². The zero-order chi connectivity index (χ0) is 16.8. The molecule has 0 amide bonds. The molecule has 0 unspecified atom stereocenters. The smallest absolute Gasteiger partial charge is 0.123 e. The summed E-state index contributed by atoms with van der Waals surface area (Å²) in [6, 6.07) is 13.1. The largest absolute Gasteiger partial charge is 0.492 e. The van der Waals surface area contributed by atoms with E-state index in [0.29, 0.717) is 18.3 Å². The molecular formula is C20H24ClF2NO. The van der Waals surface area contributed by atoms with Crippen LogP contribution >= 0.6 is 12.4 Å². The molecule has 0 aliphatic carbocycles. The number of piperidine rings is 1. The van der Waals surface area contributed by atoms with Crippen LogP contribution < -0.4 is 4.74 Å². The van der Waals surface area contributed by atoms with Gasteiger partial charge in [-0.2, -0.15) is 0 Å². The van der Waals surface area contributed by atoms with Crippen LogP contribution in [0.1, 0.15) is 18.4 Å². The fraction of sp³-hybridized carbons (Fsp3) is 0.400. The van der Waals surface area contributed by atoms with Crippen LogP contribution in [0.3, 0.4) is 0 Å². The molecule has 0 spiro atoms. The van der Waals surface area contributed by atoms with Crippen LogP contribution in [0, 0.1) is 17.6 Å². The molecule has 0 aromatic heterocycles. The molecule has 1 aliphatic heterocycles. The first-order valence-electron chi connectivity index (χ1n) is 8.54. The highest BCUT2D eigenvalue weighted by molar-refractivity contribution is 5.85. The lowest BCUT2D eigenvalue weighted by molar-refractivity contribution is 0.155. The lowest BCUT2D eigenvalue weighted by Crippen LogP contribution is -2.37. The molecule has 1 heterocycles. The minimum Gasteiger partial charge on any atom is -0.492 e. The predicted octanol–water partition coefficient (Wildman–Crippen LogP) is 4.72. The molecule has 3 rings (SSSR count). The Morgan fingerprint density at radius 1 is 0.960 bits per heavy atom. The summed E-state index contributed by atoms with van der Waals surface area (Å²) in [5.41, 5.74) is 1.09. The Labute approximate surface area is 154 Å². The zero-order valence-corrected chi connectivity index (χ0v) is 15.0. The van der Waals surface area contributed by atoms with Crippen molar-refractivity contribution in [2.24, 2.45) is 5.92 Å². The molecule has 1 fully saturated rings. The number of hydrogen-bond acceptors (Lipinski definition) is 2. The number of likely N-dealkylation sites (tertiary alicyclic amines) is 1. The number of nitrogens with zero attached hydrogens (tertiary/aromatic N) is 1. The minimum absolute atomic E-state index is 0. The zero-order valence-electron chi connectivity index (χ0n) is 14.2. The second kappa shape index (κ2) is 9.73.